The number of aromatic amines is 1. The van der Waals surface area contributed by atoms with E-state index in [0.29, 0.717) is 11.4 Å². The highest BCUT2D eigenvalue weighted by molar-refractivity contribution is 6.28. The van der Waals surface area contributed by atoms with Crippen molar-refractivity contribution in [3.63, 3.8) is 0 Å². The molecule has 2 rings (SSSR count). The summed E-state index contributed by atoms with van der Waals surface area (Å²) in [6.07, 6.45) is 0. The molecule has 0 fully saturated rings. The smallest absolute Gasteiger partial charge is 0.447 e. The van der Waals surface area contributed by atoms with Gasteiger partial charge in [-0.1, -0.05) is 6.07 Å². The van der Waals surface area contributed by atoms with E-state index in [4.69, 9.17) is 16.3 Å². The molecule has 0 spiro atoms. The summed E-state index contributed by atoms with van der Waals surface area (Å²) >= 11 is 5.72. The van der Waals surface area contributed by atoms with Gasteiger partial charge in [0.05, 0.1) is 13.2 Å². The molecule has 0 atom stereocenters. The summed E-state index contributed by atoms with van der Waals surface area (Å²) in [5.74, 6) is 0.665. The van der Waals surface area contributed by atoms with Crippen LogP contribution in [0, 0.1) is 0 Å². The standard InChI is InChI=1S/C9H7ClN2O3/c1-14-7-4-2-3-6(5-7)12-8(10)9(13)15-11-12/h2-5H,1H3/p+1. The van der Waals surface area contributed by atoms with Crippen molar-refractivity contribution in [3.05, 3.63) is 39.8 Å². The third-order valence-corrected chi connectivity index (χ3v) is 2.23. The minimum absolute atomic E-state index is 0.0387. The fourth-order valence-electron chi connectivity index (χ4n) is 1.18. The lowest BCUT2D eigenvalue weighted by Gasteiger charge is -1.97. The van der Waals surface area contributed by atoms with Crippen LogP contribution in [0.5, 0.6) is 5.75 Å². The van der Waals surface area contributed by atoms with Crippen molar-refractivity contribution in [1.82, 2.24) is 5.27 Å². The maximum atomic E-state index is 11.0. The van der Waals surface area contributed by atoms with E-state index in [1.54, 1.807) is 31.4 Å². The summed E-state index contributed by atoms with van der Waals surface area (Å²) in [5, 5.41) is 2.34. The highest BCUT2D eigenvalue weighted by Gasteiger charge is 2.20. The number of hydrogen-bond acceptors (Lipinski definition) is 3. The van der Waals surface area contributed by atoms with Crippen LogP contribution in [0.2, 0.25) is 5.15 Å². The van der Waals surface area contributed by atoms with E-state index < -0.39 is 5.63 Å². The zero-order chi connectivity index (χ0) is 10.8. The molecule has 0 aliphatic heterocycles. The van der Waals surface area contributed by atoms with Crippen LogP contribution in [-0.2, 0) is 0 Å². The molecule has 0 saturated carbocycles. The Morgan fingerprint density at radius 2 is 2.33 bits per heavy atom. The van der Waals surface area contributed by atoms with Gasteiger partial charge in [0.15, 0.2) is 0 Å². The molecular formula is C9H8ClN2O3+. The summed E-state index contributed by atoms with van der Waals surface area (Å²) in [7, 11) is 1.56. The van der Waals surface area contributed by atoms with Gasteiger partial charge in [0.25, 0.3) is 0 Å². The van der Waals surface area contributed by atoms with Crippen LogP contribution in [0.4, 0.5) is 0 Å². The lowest BCUT2D eigenvalue weighted by atomic mass is 10.3. The molecule has 2 aromatic rings. The maximum absolute atomic E-state index is 11.0. The predicted octanol–water partition coefficient (Wildman–Crippen LogP) is 0.907. The lowest BCUT2D eigenvalue weighted by Crippen LogP contribution is -2.34. The van der Waals surface area contributed by atoms with Crippen molar-refractivity contribution in [2.75, 3.05) is 7.11 Å². The SMILES string of the molecule is COc1cccc(-[n+]2[nH]oc(=O)c2Cl)c1. The molecule has 0 unspecified atom stereocenters. The lowest BCUT2D eigenvalue weighted by molar-refractivity contribution is -0.668. The Kier molecular flexibility index (Phi) is 2.47. The number of ether oxygens (including phenoxy) is 1. The minimum Gasteiger partial charge on any atom is -0.497 e. The summed E-state index contributed by atoms with van der Waals surface area (Å²) in [4.78, 5) is 11.0. The molecule has 1 heterocycles. The molecule has 0 saturated heterocycles. The molecule has 0 bridgehead atoms. The molecule has 1 aromatic heterocycles. The second-order valence-electron chi connectivity index (χ2n) is 2.81. The van der Waals surface area contributed by atoms with E-state index in [1.807, 2.05) is 0 Å². The molecule has 15 heavy (non-hydrogen) atoms. The zero-order valence-electron chi connectivity index (χ0n) is 7.86. The van der Waals surface area contributed by atoms with Crippen molar-refractivity contribution in [2.24, 2.45) is 0 Å². The number of nitrogens with one attached hydrogen (secondary N) is 1. The highest BCUT2D eigenvalue weighted by Crippen LogP contribution is 2.12. The molecule has 0 amide bonds. The largest absolute Gasteiger partial charge is 0.497 e. The molecule has 0 radical (unpaired) electrons. The van der Waals surface area contributed by atoms with E-state index in [1.165, 1.54) is 4.68 Å². The number of nitrogens with zero attached hydrogens (tertiary/aromatic N) is 1. The van der Waals surface area contributed by atoms with Crippen LogP contribution in [0.3, 0.4) is 0 Å². The van der Waals surface area contributed by atoms with E-state index in [0.717, 1.165) is 0 Å². The normalized spacial score (nSPS) is 10.3. The number of H-pyrrole nitrogens is 1. The number of benzene rings is 1. The molecule has 1 N–H and O–H groups in total. The van der Waals surface area contributed by atoms with Crippen molar-refractivity contribution in [2.45, 2.75) is 0 Å². The van der Waals surface area contributed by atoms with Crippen LogP contribution in [0.25, 0.3) is 5.69 Å². The average molecular weight is 228 g/mol. The number of rotatable bonds is 2. The summed E-state index contributed by atoms with van der Waals surface area (Å²) < 4.78 is 10.9. The van der Waals surface area contributed by atoms with Crippen molar-refractivity contribution in [3.8, 4) is 11.4 Å². The van der Waals surface area contributed by atoms with Crippen molar-refractivity contribution in [1.29, 1.82) is 0 Å². The summed E-state index contributed by atoms with van der Waals surface area (Å²) in [6, 6.07) is 7.05. The first kappa shape index (κ1) is 9.79. The number of halogens is 1. The topological polar surface area (TPSA) is 59.1 Å². The Hall–Kier alpha value is -1.75. The molecule has 5 nitrogen and oxygen atoms in total. The Morgan fingerprint density at radius 3 is 2.93 bits per heavy atom. The van der Waals surface area contributed by atoms with Gasteiger partial charge in [-0.3, -0.25) is 4.52 Å². The molecule has 0 aliphatic rings. The molecule has 6 heteroatoms. The van der Waals surface area contributed by atoms with Crippen LogP contribution < -0.4 is 15.0 Å². The van der Waals surface area contributed by atoms with E-state index in [2.05, 4.69) is 9.79 Å². The van der Waals surface area contributed by atoms with Crippen LogP contribution in [-0.4, -0.2) is 12.4 Å². The predicted molar refractivity (Wildman–Crippen MR) is 52.4 cm³/mol. The molecule has 78 valence electrons. The van der Waals surface area contributed by atoms with Gasteiger partial charge in [-0.05, 0) is 16.0 Å². The Bertz CT molecular complexity index is 532. The minimum atomic E-state index is -0.612. The second-order valence-corrected chi connectivity index (χ2v) is 3.17. The number of hydrogen-bond donors (Lipinski definition) is 1. The first-order valence-corrected chi connectivity index (χ1v) is 4.53. The molecular weight excluding hydrogens is 220 g/mol. The van der Waals surface area contributed by atoms with Gasteiger partial charge >= 0.3 is 10.8 Å². The molecule has 1 aromatic carbocycles. The van der Waals surface area contributed by atoms with Gasteiger partial charge in [-0.25, -0.2) is 4.79 Å². The fraction of sp³-hybridized carbons (Fsp3) is 0.111. The van der Waals surface area contributed by atoms with E-state index >= 15 is 0 Å². The van der Waals surface area contributed by atoms with Crippen LogP contribution in [0.15, 0.2) is 33.6 Å². The van der Waals surface area contributed by atoms with Gasteiger partial charge in [0.2, 0.25) is 5.69 Å². The van der Waals surface area contributed by atoms with Crippen LogP contribution in [0.1, 0.15) is 0 Å². The summed E-state index contributed by atoms with van der Waals surface area (Å²) in [6.45, 7) is 0. The number of aromatic nitrogens is 2. The first-order chi connectivity index (χ1) is 7.22. The zero-order valence-corrected chi connectivity index (χ0v) is 8.62. The average Bonchev–Trinajstić information content (AvgIpc) is 2.60. The van der Waals surface area contributed by atoms with Gasteiger partial charge in [-0.15, -0.1) is 0 Å². The van der Waals surface area contributed by atoms with Crippen LogP contribution >= 0.6 is 11.6 Å². The number of methoxy groups -OCH3 is 1. The molecule has 0 aliphatic carbocycles. The monoisotopic (exact) mass is 227 g/mol. The van der Waals surface area contributed by atoms with Gasteiger partial charge in [0, 0.05) is 17.7 Å². The Labute approximate surface area is 89.8 Å². The van der Waals surface area contributed by atoms with Gasteiger partial charge in [0.1, 0.15) is 5.75 Å². The van der Waals surface area contributed by atoms with E-state index in [9.17, 15) is 4.79 Å². The maximum Gasteiger partial charge on any atom is 0.447 e. The highest BCUT2D eigenvalue weighted by atomic mass is 35.5. The third kappa shape index (κ3) is 1.73. The van der Waals surface area contributed by atoms with Gasteiger partial charge in [-0.2, -0.15) is 0 Å². The quantitative estimate of drug-likeness (QED) is 0.776. The van der Waals surface area contributed by atoms with Gasteiger partial charge < -0.3 is 4.74 Å². The second kappa shape index (κ2) is 3.78. The third-order valence-electron chi connectivity index (χ3n) is 1.91. The van der Waals surface area contributed by atoms with Crippen molar-refractivity contribution >= 4 is 11.6 Å². The van der Waals surface area contributed by atoms with Crippen molar-refractivity contribution < 1.29 is 13.9 Å². The Balaban J connectivity index is 2.54. The summed E-state index contributed by atoms with van der Waals surface area (Å²) in [5.41, 5.74) is 0.0460. The first-order valence-electron chi connectivity index (χ1n) is 4.16. The van der Waals surface area contributed by atoms with E-state index in [-0.39, 0.29) is 5.15 Å². The Morgan fingerprint density at radius 1 is 1.53 bits per heavy atom. The fourth-order valence-corrected chi connectivity index (χ4v) is 1.35.